The van der Waals surface area contributed by atoms with Crippen molar-refractivity contribution >= 4 is 11.8 Å². The standard InChI is InChI=1S/C28H31F2N5O4/c1-16(2)20-10-11-21(31-25(20)30)24(18-8-6-5-7-9-18)32-26(37)22-12-19(29)14-35(22)23(36)15-34-13-17(3)27(38)33(4)28(34)39/h5-11,13,16,19,22,24H,12,14-15H2,1-4H3,(H,32,37). The Morgan fingerprint density at radius 1 is 1.13 bits per heavy atom. The molecule has 206 valence electrons. The normalized spacial score (nSPS) is 17.9. The first kappa shape index (κ1) is 27.9. The number of carbonyl (C=O) groups excluding carboxylic acids is 2. The smallest absolute Gasteiger partial charge is 0.331 e. The molecule has 0 saturated carbocycles. The maximum atomic E-state index is 14.8. The van der Waals surface area contributed by atoms with Crippen LogP contribution >= 0.6 is 0 Å². The number of hydrogen-bond acceptors (Lipinski definition) is 5. The van der Waals surface area contributed by atoms with Crippen LogP contribution in [0.25, 0.3) is 0 Å². The molecule has 0 radical (unpaired) electrons. The molecule has 1 N–H and O–H groups in total. The van der Waals surface area contributed by atoms with E-state index < -0.39 is 53.8 Å². The molecule has 1 fully saturated rings. The number of aryl methyl sites for hydroxylation is 1. The predicted molar refractivity (Wildman–Crippen MR) is 140 cm³/mol. The molecule has 2 amide bonds. The summed E-state index contributed by atoms with van der Waals surface area (Å²) in [5.74, 6) is -2.00. The molecule has 0 spiro atoms. The summed E-state index contributed by atoms with van der Waals surface area (Å²) in [4.78, 5) is 56.4. The lowest BCUT2D eigenvalue weighted by molar-refractivity contribution is -0.139. The van der Waals surface area contributed by atoms with Crippen LogP contribution in [0.1, 0.15) is 54.6 Å². The van der Waals surface area contributed by atoms with Gasteiger partial charge < -0.3 is 10.2 Å². The molecule has 3 heterocycles. The van der Waals surface area contributed by atoms with Crippen LogP contribution in [0, 0.1) is 12.9 Å². The monoisotopic (exact) mass is 539 g/mol. The molecule has 9 nitrogen and oxygen atoms in total. The van der Waals surface area contributed by atoms with Crippen LogP contribution in [0.2, 0.25) is 0 Å². The molecule has 3 aromatic rings. The molecule has 1 saturated heterocycles. The van der Waals surface area contributed by atoms with Crippen LogP contribution in [0.15, 0.2) is 58.3 Å². The zero-order chi connectivity index (χ0) is 28.4. The summed E-state index contributed by atoms with van der Waals surface area (Å²) >= 11 is 0. The van der Waals surface area contributed by atoms with Crippen molar-refractivity contribution in [3.05, 3.63) is 97.8 Å². The summed E-state index contributed by atoms with van der Waals surface area (Å²) in [7, 11) is 1.30. The molecule has 4 rings (SSSR count). The lowest BCUT2D eigenvalue weighted by Crippen LogP contribution is -2.49. The van der Waals surface area contributed by atoms with Gasteiger partial charge in [-0.15, -0.1) is 0 Å². The van der Waals surface area contributed by atoms with Gasteiger partial charge in [-0.1, -0.05) is 50.2 Å². The van der Waals surface area contributed by atoms with Crippen LogP contribution in [-0.2, 0) is 23.2 Å². The summed E-state index contributed by atoms with van der Waals surface area (Å²) in [5, 5.41) is 2.83. The predicted octanol–water partition coefficient (Wildman–Crippen LogP) is 2.36. The number of halogens is 2. The highest BCUT2D eigenvalue weighted by molar-refractivity contribution is 5.88. The van der Waals surface area contributed by atoms with Gasteiger partial charge in [0.15, 0.2) is 0 Å². The van der Waals surface area contributed by atoms with Gasteiger partial charge in [-0.3, -0.25) is 23.5 Å². The second-order valence-corrected chi connectivity index (χ2v) is 10.1. The van der Waals surface area contributed by atoms with Crippen molar-refractivity contribution < 1.29 is 18.4 Å². The molecule has 3 atom stereocenters. The largest absolute Gasteiger partial charge is 0.342 e. The van der Waals surface area contributed by atoms with Crippen LogP contribution < -0.4 is 16.6 Å². The number of pyridine rings is 1. The van der Waals surface area contributed by atoms with Crippen molar-refractivity contribution in [3.8, 4) is 0 Å². The average Bonchev–Trinajstić information content (AvgIpc) is 3.31. The first-order valence-corrected chi connectivity index (χ1v) is 12.7. The Kier molecular flexibility index (Phi) is 8.08. The lowest BCUT2D eigenvalue weighted by Gasteiger charge is -2.27. The van der Waals surface area contributed by atoms with Gasteiger partial charge in [-0.25, -0.2) is 14.2 Å². The number of amides is 2. The molecule has 1 aromatic carbocycles. The number of nitrogens with one attached hydrogen (secondary N) is 1. The van der Waals surface area contributed by atoms with E-state index in [9.17, 15) is 28.0 Å². The number of aromatic nitrogens is 3. The van der Waals surface area contributed by atoms with Crippen molar-refractivity contribution in [2.24, 2.45) is 7.05 Å². The molecular formula is C28H31F2N5O4. The van der Waals surface area contributed by atoms with Crippen molar-refractivity contribution in [2.75, 3.05) is 6.54 Å². The third-order valence-corrected chi connectivity index (χ3v) is 6.94. The number of nitrogens with zero attached hydrogens (tertiary/aromatic N) is 4. The molecule has 11 heteroatoms. The maximum Gasteiger partial charge on any atom is 0.331 e. The van der Waals surface area contributed by atoms with Crippen LogP contribution in [0.3, 0.4) is 0 Å². The number of alkyl halides is 1. The van der Waals surface area contributed by atoms with E-state index in [1.54, 1.807) is 42.5 Å². The minimum Gasteiger partial charge on any atom is -0.342 e. The number of likely N-dealkylation sites (tertiary alicyclic amines) is 1. The van der Waals surface area contributed by atoms with E-state index in [1.165, 1.54) is 20.2 Å². The van der Waals surface area contributed by atoms with Gasteiger partial charge in [0.1, 0.15) is 18.8 Å². The van der Waals surface area contributed by atoms with Gasteiger partial charge in [-0.2, -0.15) is 4.39 Å². The Morgan fingerprint density at radius 2 is 1.82 bits per heavy atom. The van der Waals surface area contributed by atoms with Crippen molar-refractivity contribution in [3.63, 3.8) is 0 Å². The molecule has 3 unspecified atom stereocenters. The topological polar surface area (TPSA) is 106 Å². The SMILES string of the molecule is Cc1cn(CC(=O)N2CC(F)CC2C(=O)NC(c2ccccc2)c2ccc(C(C)C)c(F)n2)c(=O)n(C)c1=O. The molecule has 0 aliphatic carbocycles. The quantitative estimate of drug-likeness (QED) is 0.464. The minimum atomic E-state index is -1.45. The van der Waals surface area contributed by atoms with Crippen LogP contribution in [0.5, 0.6) is 0 Å². The lowest BCUT2D eigenvalue weighted by atomic mass is 9.99. The molecule has 39 heavy (non-hydrogen) atoms. The zero-order valence-corrected chi connectivity index (χ0v) is 22.2. The summed E-state index contributed by atoms with van der Waals surface area (Å²) in [6, 6.07) is 10.1. The summed E-state index contributed by atoms with van der Waals surface area (Å²) in [5.41, 5.74) is 0.417. The summed E-state index contributed by atoms with van der Waals surface area (Å²) < 4.78 is 31.3. The molecular weight excluding hydrogens is 508 g/mol. The maximum absolute atomic E-state index is 14.8. The van der Waals surface area contributed by atoms with Crippen molar-refractivity contribution in [1.29, 1.82) is 0 Å². The first-order valence-electron chi connectivity index (χ1n) is 12.7. The number of carbonyl (C=O) groups is 2. The summed E-state index contributed by atoms with van der Waals surface area (Å²) in [6.45, 7) is 4.43. The Labute approximate surface area is 224 Å². The fourth-order valence-corrected chi connectivity index (χ4v) is 4.81. The second-order valence-electron chi connectivity index (χ2n) is 10.1. The van der Waals surface area contributed by atoms with E-state index in [1.807, 2.05) is 13.8 Å². The Hall–Kier alpha value is -4.15. The fourth-order valence-electron chi connectivity index (χ4n) is 4.81. The highest BCUT2D eigenvalue weighted by atomic mass is 19.1. The highest BCUT2D eigenvalue weighted by Crippen LogP contribution is 2.27. The molecule has 0 bridgehead atoms. The van der Waals surface area contributed by atoms with Gasteiger partial charge in [0, 0.05) is 30.8 Å². The second kappa shape index (κ2) is 11.3. The van der Waals surface area contributed by atoms with Gasteiger partial charge in [-0.05, 0) is 24.5 Å². The van der Waals surface area contributed by atoms with E-state index in [0.717, 1.165) is 14.0 Å². The van der Waals surface area contributed by atoms with E-state index >= 15 is 0 Å². The highest BCUT2D eigenvalue weighted by Gasteiger charge is 2.40. The van der Waals surface area contributed by atoms with Gasteiger partial charge in [0.25, 0.3) is 5.56 Å². The Bertz CT molecular complexity index is 1500. The van der Waals surface area contributed by atoms with Crippen LogP contribution in [-0.4, -0.2) is 49.6 Å². The van der Waals surface area contributed by atoms with Gasteiger partial charge in [0.2, 0.25) is 17.8 Å². The van der Waals surface area contributed by atoms with Gasteiger partial charge in [0.05, 0.1) is 18.3 Å². The Morgan fingerprint density at radius 3 is 2.46 bits per heavy atom. The average molecular weight is 540 g/mol. The van der Waals surface area contributed by atoms with Crippen molar-refractivity contribution in [1.82, 2.24) is 24.3 Å². The Balaban J connectivity index is 1.61. The number of benzene rings is 1. The van der Waals surface area contributed by atoms with E-state index in [4.69, 9.17) is 0 Å². The van der Waals surface area contributed by atoms with E-state index in [0.29, 0.717) is 11.1 Å². The van der Waals surface area contributed by atoms with Crippen molar-refractivity contribution in [2.45, 2.75) is 57.9 Å². The first-order chi connectivity index (χ1) is 18.5. The third-order valence-electron chi connectivity index (χ3n) is 6.94. The molecule has 2 aromatic heterocycles. The zero-order valence-electron chi connectivity index (χ0n) is 22.2. The number of rotatable bonds is 7. The minimum absolute atomic E-state index is 0.0841. The number of hydrogen-bond donors (Lipinski definition) is 1. The van der Waals surface area contributed by atoms with E-state index in [-0.39, 0.29) is 30.1 Å². The van der Waals surface area contributed by atoms with E-state index in [2.05, 4.69) is 10.3 Å². The van der Waals surface area contributed by atoms with Crippen LogP contribution in [0.4, 0.5) is 8.78 Å². The molecule has 1 aliphatic heterocycles. The molecule has 1 aliphatic rings. The summed E-state index contributed by atoms with van der Waals surface area (Å²) in [6.07, 6.45) is -0.402. The van der Waals surface area contributed by atoms with Gasteiger partial charge >= 0.3 is 5.69 Å². The fraction of sp³-hybridized carbons (Fsp3) is 0.393. The third kappa shape index (κ3) is 5.81.